The predicted octanol–water partition coefficient (Wildman–Crippen LogP) is 4.74. The Kier molecular flexibility index (Phi) is 6.40. The molecule has 2 aliphatic rings. The van der Waals surface area contributed by atoms with Gasteiger partial charge in [0.25, 0.3) is 11.7 Å². The summed E-state index contributed by atoms with van der Waals surface area (Å²) in [4.78, 5) is 15.2. The molecular formula is C25H31NO4. The second kappa shape index (κ2) is 9.19. The fraction of sp³-hybridized carbons (Fsp3) is 0.480. The third kappa shape index (κ3) is 4.09. The van der Waals surface area contributed by atoms with Crippen molar-refractivity contribution in [2.24, 2.45) is 0 Å². The lowest BCUT2D eigenvalue weighted by molar-refractivity contribution is -0.256. The van der Waals surface area contributed by atoms with Crippen LogP contribution in [0.5, 0.6) is 5.75 Å². The van der Waals surface area contributed by atoms with Gasteiger partial charge in [0, 0.05) is 12.1 Å². The van der Waals surface area contributed by atoms with Crippen molar-refractivity contribution in [3.05, 3.63) is 59.2 Å². The van der Waals surface area contributed by atoms with Gasteiger partial charge in [0.2, 0.25) is 0 Å². The van der Waals surface area contributed by atoms with Gasteiger partial charge >= 0.3 is 0 Å². The monoisotopic (exact) mass is 409 g/mol. The fourth-order valence-electron chi connectivity index (χ4n) is 4.10. The van der Waals surface area contributed by atoms with Gasteiger partial charge in [-0.1, -0.05) is 37.1 Å². The van der Waals surface area contributed by atoms with Crippen LogP contribution >= 0.6 is 0 Å². The van der Waals surface area contributed by atoms with Gasteiger partial charge in [-0.3, -0.25) is 4.79 Å². The summed E-state index contributed by atoms with van der Waals surface area (Å²) in [5.41, 5.74) is 4.19. The highest BCUT2D eigenvalue weighted by Gasteiger charge is 2.54. The van der Waals surface area contributed by atoms with E-state index in [1.165, 1.54) is 11.1 Å². The van der Waals surface area contributed by atoms with Gasteiger partial charge in [-0.25, -0.2) is 0 Å². The van der Waals surface area contributed by atoms with E-state index in [1.807, 2.05) is 29.2 Å². The molecular weight excluding hydrogens is 378 g/mol. The van der Waals surface area contributed by atoms with E-state index in [-0.39, 0.29) is 5.91 Å². The number of hydrogen-bond acceptors (Lipinski definition) is 4. The minimum absolute atomic E-state index is 0.111. The molecule has 1 amide bonds. The van der Waals surface area contributed by atoms with Gasteiger partial charge in [-0.2, -0.15) is 0 Å². The molecule has 1 fully saturated rings. The molecule has 0 unspecified atom stereocenters. The Labute approximate surface area is 178 Å². The summed E-state index contributed by atoms with van der Waals surface area (Å²) in [6.07, 6.45) is 4.80. The fourth-order valence-corrected chi connectivity index (χ4v) is 4.10. The zero-order valence-electron chi connectivity index (χ0n) is 18.0. The summed E-state index contributed by atoms with van der Waals surface area (Å²) in [5.74, 6) is -0.530. The molecule has 4 rings (SSSR count). The van der Waals surface area contributed by atoms with Crippen LogP contribution in [0.2, 0.25) is 0 Å². The number of aryl methyl sites for hydroxylation is 2. The van der Waals surface area contributed by atoms with E-state index in [0.29, 0.717) is 26.4 Å². The molecule has 2 heterocycles. The lowest BCUT2D eigenvalue weighted by atomic mass is 10.00. The molecule has 0 bridgehead atoms. The minimum Gasteiger partial charge on any atom is -0.494 e. The molecule has 0 aliphatic carbocycles. The van der Waals surface area contributed by atoms with Gasteiger partial charge in [-0.15, -0.1) is 0 Å². The topological polar surface area (TPSA) is 48.0 Å². The molecule has 2 aromatic carbocycles. The summed E-state index contributed by atoms with van der Waals surface area (Å²) >= 11 is 0. The zero-order valence-corrected chi connectivity index (χ0v) is 18.0. The number of fused-ring (bicyclic) bond motifs is 2. The van der Waals surface area contributed by atoms with Gasteiger partial charge in [0.05, 0.1) is 25.5 Å². The maximum atomic E-state index is 13.4. The Hall–Kier alpha value is -2.37. The molecule has 0 N–H and O–H groups in total. The highest BCUT2D eigenvalue weighted by atomic mass is 16.7. The number of unbranched alkanes of at least 4 members (excludes halogenated alkanes) is 1. The predicted molar refractivity (Wildman–Crippen MR) is 117 cm³/mol. The summed E-state index contributed by atoms with van der Waals surface area (Å²) in [5, 5.41) is 0. The largest absolute Gasteiger partial charge is 0.494 e. The number of amides is 1. The van der Waals surface area contributed by atoms with Crippen molar-refractivity contribution in [3.8, 4) is 5.75 Å². The molecule has 2 aromatic rings. The first-order chi connectivity index (χ1) is 14.6. The first kappa shape index (κ1) is 20.9. The first-order valence-electron chi connectivity index (χ1n) is 11.1. The van der Waals surface area contributed by atoms with Crippen molar-refractivity contribution < 1.29 is 19.0 Å². The normalized spacial score (nSPS) is 17.4. The Bertz CT molecular complexity index is 871. The van der Waals surface area contributed by atoms with Crippen molar-refractivity contribution in [1.82, 2.24) is 0 Å². The first-order valence-corrected chi connectivity index (χ1v) is 11.1. The number of ether oxygens (including phenoxy) is 3. The average molecular weight is 410 g/mol. The van der Waals surface area contributed by atoms with Crippen molar-refractivity contribution in [2.45, 2.75) is 51.7 Å². The highest BCUT2D eigenvalue weighted by Crippen LogP contribution is 2.45. The Morgan fingerprint density at radius 3 is 2.57 bits per heavy atom. The van der Waals surface area contributed by atoms with E-state index < -0.39 is 5.79 Å². The Morgan fingerprint density at radius 1 is 1.07 bits per heavy atom. The molecule has 5 nitrogen and oxygen atoms in total. The van der Waals surface area contributed by atoms with Gasteiger partial charge in [-0.05, 0) is 62.4 Å². The average Bonchev–Trinajstić information content (AvgIpc) is 2.99. The smallest absolute Gasteiger partial charge is 0.292 e. The lowest BCUT2D eigenvalue weighted by Gasteiger charge is -2.32. The number of nitrogens with zero attached hydrogens (tertiary/aromatic N) is 1. The van der Waals surface area contributed by atoms with Crippen LogP contribution in [0.1, 0.15) is 49.3 Å². The highest BCUT2D eigenvalue weighted by molar-refractivity contribution is 6.06. The van der Waals surface area contributed by atoms with E-state index in [2.05, 4.69) is 32.0 Å². The number of rotatable bonds is 8. The standard InChI is InChI=1S/C25H31NO4/c1-3-4-7-20-10-13-23-22(18-20)25(29-16-6-17-30-25)24(27)26(23)14-5-15-28-21-11-8-19(2)9-12-21/h8-13,18H,3-7,14-17H2,1-2H3. The number of benzene rings is 2. The van der Waals surface area contributed by atoms with Crippen molar-refractivity contribution in [3.63, 3.8) is 0 Å². The Balaban J connectivity index is 1.48. The van der Waals surface area contributed by atoms with Crippen LogP contribution in [0.15, 0.2) is 42.5 Å². The van der Waals surface area contributed by atoms with E-state index in [1.54, 1.807) is 0 Å². The third-order valence-corrected chi connectivity index (χ3v) is 5.77. The number of anilines is 1. The number of carbonyl (C=O) groups excluding carboxylic acids is 1. The Morgan fingerprint density at radius 2 is 1.83 bits per heavy atom. The molecule has 0 aromatic heterocycles. The summed E-state index contributed by atoms with van der Waals surface area (Å²) in [6, 6.07) is 14.3. The molecule has 2 aliphatic heterocycles. The maximum Gasteiger partial charge on any atom is 0.292 e. The van der Waals surface area contributed by atoms with Gasteiger partial charge < -0.3 is 19.1 Å². The zero-order chi connectivity index (χ0) is 21.0. The lowest BCUT2D eigenvalue weighted by Crippen LogP contribution is -2.47. The van der Waals surface area contributed by atoms with Crippen LogP contribution < -0.4 is 9.64 Å². The van der Waals surface area contributed by atoms with Crippen LogP contribution in [0, 0.1) is 6.92 Å². The van der Waals surface area contributed by atoms with Crippen molar-refractivity contribution >= 4 is 11.6 Å². The summed E-state index contributed by atoms with van der Waals surface area (Å²) in [7, 11) is 0. The summed E-state index contributed by atoms with van der Waals surface area (Å²) in [6.45, 7) is 6.43. The molecule has 0 radical (unpaired) electrons. The second-order valence-electron chi connectivity index (χ2n) is 8.09. The van der Waals surface area contributed by atoms with E-state index in [9.17, 15) is 4.79 Å². The van der Waals surface area contributed by atoms with E-state index in [0.717, 1.165) is 49.1 Å². The van der Waals surface area contributed by atoms with Crippen LogP contribution in [-0.2, 0) is 26.5 Å². The second-order valence-corrected chi connectivity index (χ2v) is 8.09. The maximum absolute atomic E-state index is 13.4. The van der Waals surface area contributed by atoms with E-state index in [4.69, 9.17) is 14.2 Å². The van der Waals surface area contributed by atoms with Crippen LogP contribution in [0.25, 0.3) is 0 Å². The minimum atomic E-state index is -1.27. The molecule has 30 heavy (non-hydrogen) atoms. The molecule has 0 atom stereocenters. The number of hydrogen-bond donors (Lipinski definition) is 0. The number of carbonyl (C=O) groups is 1. The summed E-state index contributed by atoms with van der Waals surface area (Å²) < 4.78 is 17.8. The van der Waals surface area contributed by atoms with Crippen LogP contribution in [0.3, 0.4) is 0 Å². The molecule has 1 spiro atoms. The van der Waals surface area contributed by atoms with E-state index >= 15 is 0 Å². The molecule has 0 saturated carbocycles. The van der Waals surface area contributed by atoms with Gasteiger partial charge in [0.15, 0.2) is 0 Å². The molecule has 1 saturated heterocycles. The molecule has 160 valence electrons. The van der Waals surface area contributed by atoms with Crippen LogP contribution in [0.4, 0.5) is 5.69 Å². The van der Waals surface area contributed by atoms with Crippen molar-refractivity contribution in [1.29, 1.82) is 0 Å². The third-order valence-electron chi connectivity index (χ3n) is 5.77. The molecule has 5 heteroatoms. The van der Waals surface area contributed by atoms with Crippen molar-refractivity contribution in [2.75, 3.05) is 31.3 Å². The van der Waals surface area contributed by atoms with Gasteiger partial charge in [0.1, 0.15) is 5.75 Å². The quantitative estimate of drug-likeness (QED) is 0.591. The SMILES string of the molecule is CCCCc1ccc2c(c1)C1(OCCCO1)C(=O)N2CCCOc1ccc(C)cc1. The van der Waals surface area contributed by atoms with Crippen LogP contribution in [-0.4, -0.2) is 32.3 Å².